The highest BCUT2D eigenvalue weighted by molar-refractivity contribution is 9.10. The molecule has 0 bridgehead atoms. The minimum Gasteiger partial charge on any atom is -0.338 e. The van der Waals surface area contributed by atoms with E-state index >= 15 is 0 Å². The molecule has 0 unspecified atom stereocenters. The van der Waals surface area contributed by atoms with Crippen molar-refractivity contribution in [3.05, 3.63) is 46.0 Å². The van der Waals surface area contributed by atoms with E-state index in [4.69, 9.17) is 4.52 Å². The highest BCUT2D eigenvalue weighted by Gasteiger charge is 2.26. The largest absolute Gasteiger partial charge is 0.401 e. The monoisotopic (exact) mass is 349 g/mol. The molecule has 108 valence electrons. The van der Waals surface area contributed by atoms with Crippen LogP contribution in [0.4, 0.5) is 13.2 Å². The van der Waals surface area contributed by atoms with Crippen molar-refractivity contribution in [2.24, 2.45) is 0 Å². The van der Waals surface area contributed by atoms with E-state index in [2.05, 4.69) is 31.4 Å². The van der Waals surface area contributed by atoms with Gasteiger partial charge in [-0.1, -0.05) is 39.3 Å². The zero-order valence-corrected chi connectivity index (χ0v) is 11.8. The van der Waals surface area contributed by atoms with E-state index in [1.54, 1.807) is 0 Å². The molecule has 0 amide bonds. The molecule has 0 saturated heterocycles. The van der Waals surface area contributed by atoms with Crippen molar-refractivity contribution in [1.29, 1.82) is 0 Å². The molecule has 20 heavy (non-hydrogen) atoms. The van der Waals surface area contributed by atoms with Gasteiger partial charge in [0.15, 0.2) is 5.82 Å². The van der Waals surface area contributed by atoms with Crippen molar-refractivity contribution in [2.75, 3.05) is 6.54 Å². The lowest BCUT2D eigenvalue weighted by Gasteiger charge is -2.05. The molecule has 1 aromatic carbocycles. The molecule has 4 nitrogen and oxygen atoms in total. The third-order valence-electron chi connectivity index (χ3n) is 2.42. The molecule has 0 atom stereocenters. The first-order chi connectivity index (χ1) is 9.44. The maximum atomic E-state index is 12.0. The molecule has 1 N–H and O–H groups in total. The minimum absolute atomic E-state index is 0.109. The van der Waals surface area contributed by atoms with E-state index in [1.165, 1.54) is 0 Å². The van der Waals surface area contributed by atoms with Gasteiger partial charge in [0, 0.05) is 10.9 Å². The normalized spacial score (nSPS) is 11.8. The first-order valence-corrected chi connectivity index (χ1v) is 6.56. The Morgan fingerprint density at radius 2 is 2.00 bits per heavy atom. The summed E-state index contributed by atoms with van der Waals surface area (Å²) < 4.78 is 41.7. The van der Waals surface area contributed by atoms with Gasteiger partial charge in [-0.2, -0.15) is 18.2 Å². The van der Waals surface area contributed by atoms with E-state index < -0.39 is 12.7 Å². The fraction of sp³-hybridized carbons (Fsp3) is 0.333. The standard InChI is InChI=1S/C12H11BrF3N3O/c13-9-4-2-1-3-8(9)5-10-18-11(20-19-10)6-17-7-12(14,15)16/h1-4,17H,5-7H2. The third kappa shape index (κ3) is 4.61. The summed E-state index contributed by atoms with van der Waals surface area (Å²) >= 11 is 3.40. The predicted molar refractivity (Wildman–Crippen MR) is 69.0 cm³/mol. The summed E-state index contributed by atoms with van der Waals surface area (Å²) in [6.45, 7) is -1.20. The van der Waals surface area contributed by atoms with Gasteiger partial charge in [-0.15, -0.1) is 0 Å². The fourth-order valence-electron chi connectivity index (χ4n) is 1.56. The molecule has 2 rings (SSSR count). The van der Waals surface area contributed by atoms with E-state index in [-0.39, 0.29) is 12.4 Å². The first kappa shape index (κ1) is 15.0. The van der Waals surface area contributed by atoms with Crippen molar-refractivity contribution >= 4 is 15.9 Å². The van der Waals surface area contributed by atoms with Crippen molar-refractivity contribution in [2.45, 2.75) is 19.1 Å². The fourth-order valence-corrected chi connectivity index (χ4v) is 1.98. The van der Waals surface area contributed by atoms with Gasteiger partial charge in [0.2, 0.25) is 5.89 Å². The zero-order chi connectivity index (χ0) is 14.6. The van der Waals surface area contributed by atoms with E-state index in [0.717, 1.165) is 10.0 Å². The van der Waals surface area contributed by atoms with Crippen LogP contribution in [0, 0.1) is 0 Å². The minimum atomic E-state index is -4.25. The van der Waals surface area contributed by atoms with Crippen LogP contribution in [0.3, 0.4) is 0 Å². The van der Waals surface area contributed by atoms with Gasteiger partial charge in [0.1, 0.15) is 0 Å². The van der Waals surface area contributed by atoms with Gasteiger partial charge in [0.05, 0.1) is 13.1 Å². The molecule has 1 aromatic heterocycles. The van der Waals surface area contributed by atoms with Crippen LogP contribution in [0.5, 0.6) is 0 Å². The second-order valence-electron chi connectivity index (χ2n) is 4.09. The molecule has 0 spiro atoms. The molecule has 8 heteroatoms. The Kier molecular flexibility index (Phi) is 4.77. The number of hydrogen-bond acceptors (Lipinski definition) is 4. The predicted octanol–water partition coefficient (Wildman–Crippen LogP) is 3.07. The summed E-state index contributed by atoms with van der Waals surface area (Å²) in [7, 11) is 0. The second kappa shape index (κ2) is 6.36. The number of rotatable bonds is 5. The summed E-state index contributed by atoms with van der Waals surface area (Å²) in [6.07, 6.45) is -3.80. The lowest BCUT2D eigenvalue weighted by atomic mass is 10.1. The smallest absolute Gasteiger partial charge is 0.338 e. The van der Waals surface area contributed by atoms with Gasteiger partial charge in [0.25, 0.3) is 0 Å². The van der Waals surface area contributed by atoms with Gasteiger partial charge in [-0.25, -0.2) is 0 Å². The Hall–Kier alpha value is -1.41. The Bertz CT molecular complexity index is 571. The number of benzene rings is 1. The average molecular weight is 350 g/mol. The molecule has 1 heterocycles. The second-order valence-corrected chi connectivity index (χ2v) is 4.95. The quantitative estimate of drug-likeness (QED) is 0.901. The molecule has 0 saturated carbocycles. The van der Waals surface area contributed by atoms with Crippen LogP contribution in [-0.4, -0.2) is 22.9 Å². The molecule has 2 aromatic rings. The zero-order valence-electron chi connectivity index (χ0n) is 10.2. The van der Waals surface area contributed by atoms with Crippen LogP contribution >= 0.6 is 15.9 Å². The highest BCUT2D eigenvalue weighted by atomic mass is 79.9. The SMILES string of the molecule is FC(F)(F)CNCc1nc(Cc2ccccc2Br)no1. The molecule has 0 aliphatic carbocycles. The Morgan fingerprint density at radius 3 is 2.70 bits per heavy atom. The number of alkyl halides is 3. The first-order valence-electron chi connectivity index (χ1n) is 5.76. The summed E-state index contributed by atoms with van der Waals surface area (Å²) in [6, 6.07) is 7.56. The lowest BCUT2D eigenvalue weighted by molar-refractivity contribution is -0.125. The maximum absolute atomic E-state index is 12.0. The molecule has 0 aliphatic rings. The van der Waals surface area contributed by atoms with Crippen LogP contribution in [-0.2, 0) is 13.0 Å². The number of aromatic nitrogens is 2. The van der Waals surface area contributed by atoms with E-state index in [1.807, 2.05) is 24.3 Å². The Balaban J connectivity index is 1.91. The number of hydrogen-bond donors (Lipinski definition) is 1. The van der Waals surface area contributed by atoms with Crippen molar-refractivity contribution in [3.63, 3.8) is 0 Å². The van der Waals surface area contributed by atoms with E-state index in [9.17, 15) is 13.2 Å². The third-order valence-corrected chi connectivity index (χ3v) is 3.19. The number of nitrogens with zero attached hydrogens (tertiary/aromatic N) is 2. The summed E-state index contributed by atoms with van der Waals surface area (Å²) in [5.74, 6) is 0.567. The van der Waals surface area contributed by atoms with Crippen molar-refractivity contribution < 1.29 is 17.7 Å². The number of halogens is 4. The molecular formula is C12H11BrF3N3O. The van der Waals surface area contributed by atoms with E-state index in [0.29, 0.717) is 12.2 Å². The topological polar surface area (TPSA) is 51.0 Å². The maximum Gasteiger partial charge on any atom is 0.401 e. The van der Waals surface area contributed by atoms with Crippen molar-refractivity contribution in [1.82, 2.24) is 15.5 Å². The van der Waals surface area contributed by atoms with Crippen LogP contribution < -0.4 is 5.32 Å². The van der Waals surface area contributed by atoms with Crippen LogP contribution in [0.25, 0.3) is 0 Å². The Labute approximate surface area is 121 Å². The van der Waals surface area contributed by atoms with Gasteiger partial charge < -0.3 is 9.84 Å². The number of nitrogens with one attached hydrogen (secondary N) is 1. The van der Waals surface area contributed by atoms with Crippen molar-refractivity contribution in [3.8, 4) is 0 Å². The van der Waals surface area contributed by atoms with Gasteiger partial charge >= 0.3 is 6.18 Å². The lowest BCUT2D eigenvalue weighted by Crippen LogP contribution is -2.28. The van der Waals surface area contributed by atoms with Gasteiger partial charge in [-0.05, 0) is 11.6 Å². The summed E-state index contributed by atoms with van der Waals surface area (Å²) in [5.41, 5.74) is 0.975. The Morgan fingerprint density at radius 1 is 1.25 bits per heavy atom. The molecular weight excluding hydrogens is 339 g/mol. The van der Waals surface area contributed by atoms with Gasteiger partial charge in [-0.3, -0.25) is 0 Å². The summed E-state index contributed by atoms with van der Waals surface area (Å²) in [5, 5.41) is 5.94. The molecule has 0 fully saturated rings. The average Bonchev–Trinajstić information content (AvgIpc) is 2.78. The highest BCUT2D eigenvalue weighted by Crippen LogP contribution is 2.18. The van der Waals surface area contributed by atoms with Crippen LogP contribution in [0.1, 0.15) is 17.3 Å². The summed E-state index contributed by atoms with van der Waals surface area (Å²) in [4.78, 5) is 4.04. The molecule has 0 radical (unpaired) electrons. The molecule has 0 aliphatic heterocycles. The van der Waals surface area contributed by atoms with Crippen LogP contribution in [0.15, 0.2) is 33.3 Å². The van der Waals surface area contributed by atoms with Crippen LogP contribution in [0.2, 0.25) is 0 Å².